The normalized spacial score (nSPS) is 13.0. The van der Waals surface area contributed by atoms with Gasteiger partial charge < -0.3 is 4.74 Å². The lowest BCUT2D eigenvalue weighted by atomic mass is 10.0. The van der Waals surface area contributed by atoms with Gasteiger partial charge in [-0.15, -0.1) is 0 Å². The molecule has 0 unspecified atom stereocenters. The lowest BCUT2D eigenvalue weighted by Crippen LogP contribution is -2.35. The topological polar surface area (TPSA) is 89.8 Å². The van der Waals surface area contributed by atoms with Crippen molar-refractivity contribution in [2.24, 2.45) is 5.92 Å². The number of rotatable bonds is 3. The van der Waals surface area contributed by atoms with Gasteiger partial charge >= 0.3 is 6.09 Å². The molecule has 1 aliphatic rings. The van der Waals surface area contributed by atoms with Crippen LogP contribution in [0.15, 0.2) is 30.3 Å². The van der Waals surface area contributed by atoms with Crippen LogP contribution in [-0.4, -0.2) is 23.5 Å². The Kier molecular flexibility index (Phi) is 3.48. The summed E-state index contributed by atoms with van der Waals surface area (Å²) < 4.78 is 5.13. The summed E-state index contributed by atoms with van der Waals surface area (Å²) in [7, 11) is 0. The van der Waals surface area contributed by atoms with Crippen molar-refractivity contribution in [3.05, 3.63) is 46.0 Å². The molecule has 1 aliphatic heterocycles. The number of hydrogen-bond donors (Lipinski definition) is 0. The van der Waals surface area contributed by atoms with Gasteiger partial charge in [0.1, 0.15) is 0 Å². The highest BCUT2D eigenvalue weighted by molar-refractivity contribution is 6.33. The number of carbonyl (C=O) groups excluding carboxylic acids is 2. The van der Waals surface area contributed by atoms with Crippen molar-refractivity contribution < 1.29 is 19.2 Å². The monoisotopic (exact) mass is 314 g/mol. The molecule has 0 saturated heterocycles. The summed E-state index contributed by atoms with van der Waals surface area (Å²) in [5, 5.41) is 11.9. The fourth-order valence-electron chi connectivity index (χ4n) is 2.61. The molecule has 0 aliphatic carbocycles. The Labute approximate surface area is 131 Å². The van der Waals surface area contributed by atoms with Gasteiger partial charge in [0.25, 0.3) is 11.6 Å². The Morgan fingerprint density at radius 1 is 1.30 bits per heavy atom. The van der Waals surface area contributed by atoms with Crippen LogP contribution in [0, 0.1) is 16.0 Å². The highest BCUT2D eigenvalue weighted by Crippen LogP contribution is 2.41. The number of nitrogens with zero attached hydrogens (tertiary/aromatic N) is 2. The quantitative estimate of drug-likeness (QED) is 0.639. The molecule has 2 amide bonds. The van der Waals surface area contributed by atoms with E-state index in [1.807, 2.05) is 13.8 Å². The maximum absolute atomic E-state index is 12.5. The zero-order valence-electron chi connectivity index (χ0n) is 12.6. The van der Waals surface area contributed by atoms with E-state index in [1.54, 1.807) is 18.2 Å². The van der Waals surface area contributed by atoms with Crippen molar-refractivity contribution in [3.8, 4) is 0 Å². The third-order valence-electron chi connectivity index (χ3n) is 3.59. The molecule has 0 N–H and O–H groups in total. The average molecular weight is 314 g/mol. The maximum atomic E-state index is 12.5. The highest BCUT2D eigenvalue weighted by atomic mass is 16.6. The van der Waals surface area contributed by atoms with Gasteiger partial charge in [0.2, 0.25) is 0 Å². The molecule has 0 bridgehead atoms. The molecule has 118 valence electrons. The van der Waals surface area contributed by atoms with E-state index in [2.05, 4.69) is 0 Å². The maximum Gasteiger partial charge on any atom is 0.421 e. The standard InChI is InChI=1S/C16H14N2O5/c1-9(2)8-23-16(20)17-13-7-6-12(18(21)22)10-4-3-5-11(14(10)13)15(17)19/h3-7,9H,8H2,1-2H3. The number of amides is 2. The van der Waals surface area contributed by atoms with Gasteiger partial charge in [-0.05, 0) is 24.1 Å². The summed E-state index contributed by atoms with van der Waals surface area (Å²) >= 11 is 0. The summed E-state index contributed by atoms with van der Waals surface area (Å²) in [5.74, 6) is -0.393. The zero-order chi connectivity index (χ0) is 16.7. The van der Waals surface area contributed by atoms with Crippen molar-refractivity contribution in [3.63, 3.8) is 0 Å². The van der Waals surface area contributed by atoms with Crippen molar-refractivity contribution in [1.29, 1.82) is 0 Å². The first kappa shape index (κ1) is 15.0. The summed E-state index contributed by atoms with van der Waals surface area (Å²) in [6.07, 6.45) is -0.768. The SMILES string of the molecule is CC(C)COC(=O)N1C(=O)c2cccc3c([N+](=O)[O-])ccc1c23. The van der Waals surface area contributed by atoms with Crippen molar-refractivity contribution in [2.45, 2.75) is 13.8 Å². The van der Waals surface area contributed by atoms with E-state index in [1.165, 1.54) is 12.1 Å². The number of imide groups is 1. The van der Waals surface area contributed by atoms with Crippen LogP contribution in [0.3, 0.4) is 0 Å². The fourth-order valence-corrected chi connectivity index (χ4v) is 2.61. The van der Waals surface area contributed by atoms with Gasteiger partial charge in [-0.3, -0.25) is 14.9 Å². The fraction of sp³-hybridized carbons (Fsp3) is 0.250. The van der Waals surface area contributed by atoms with Crippen LogP contribution in [-0.2, 0) is 4.74 Å². The van der Waals surface area contributed by atoms with Crippen molar-refractivity contribution >= 4 is 34.1 Å². The smallest absolute Gasteiger partial charge is 0.421 e. The Balaban J connectivity index is 2.12. The number of hydrogen-bond acceptors (Lipinski definition) is 5. The lowest BCUT2D eigenvalue weighted by Gasteiger charge is -2.16. The van der Waals surface area contributed by atoms with Crippen LogP contribution in [0.4, 0.5) is 16.2 Å². The third-order valence-corrected chi connectivity index (χ3v) is 3.59. The molecule has 7 heteroatoms. The molecule has 2 aromatic rings. The van der Waals surface area contributed by atoms with E-state index in [4.69, 9.17) is 4.74 Å². The van der Waals surface area contributed by atoms with Gasteiger partial charge in [-0.25, -0.2) is 9.69 Å². The molecule has 0 aromatic heterocycles. The van der Waals surface area contributed by atoms with Crippen LogP contribution < -0.4 is 4.90 Å². The molecule has 0 radical (unpaired) electrons. The molecule has 0 fully saturated rings. The second-order valence-corrected chi connectivity index (χ2v) is 5.70. The van der Waals surface area contributed by atoms with E-state index in [9.17, 15) is 19.7 Å². The third kappa shape index (κ3) is 2.30. The molecular formula is C16H14N2O5. The first-order valence-electron chi connectivity index (χ1n) is 7.13. The summed E-state index contributed by atoms with van der Waals surface area (Å²) in [6.45, 7) is 3.96. The molecular weight excluding hydrogens is 300 g/mol. The van der Waals surface area contributed by atoms with E-state index in [0.717, 1.165) is 4.90 Å². The van der Waals surface area contributed by atoms with E-state index >= 15 is 0 Å². The lowest BCUT2D eigenvalue weighted by molar-refractivity contribution is -0.383. The van der Waals surface area contributed by atoms with Crippen LogP contribution in [0.5, 0.6) is 0 Å². The predicted octanol–water partition coefficient (Wildman–Crippen LogP) is 3.50. The predicted molar refractivity (Wildman–Crippen MR) is 83.6 cm³/mol. The van der Waals surface area contributed by atoms with Gasteiger partial charge in [0, 0.05) is 11.5 Å². The second-order valence-electron chi connectivity index (χ2n) is 5.70. The number of anilines is 1. The number of nitro benzene ring substituents is 1. The molecule has 1 heterocycles. The summed E-state index contributed by atoms with van der Waals surface area (Å²) in [4.78, 5) is 36.3. The van der Waals surface area contributed by atoms with E-state index in [0.29, 0.717) is 16.5 Å². The van der Waals surface area contributed by atoms with Crippen LogP contribution in [0.1, 0.15) is 24.2 Å². The number of non-ortho nitro benzene ring substituents is 1. The Morgan fingerprint density at radius 2 is 2.04 bits per heavy atom. The van der Waals surface area contributed by atoms with Gasteiger partial charge in [0.15, 0.2) is 0 Å². The van der Waals surface area contributed by atoms with Crippen molar-refractivity contribution in [1.82, 2.24) is 0 Å². The van der Waals surface area contributed by atoms with Gasteiger partial charge in [0.05, 0.1) is 28.2 Å². The minimum atomic E-state index is -0.768. The molecule has 0 atom stereocenters. The Morgan fingerprint density at radius 3 is 2.70 bits per heavy atom. The van der Waals surface area contributed by atoms with E-state index in [-0.39, 0.29) is 23.8 Å². The van der Waals surface area contributed by atoms with Crippen LogP contribution in [0.2, 0.25) is 0 Å². The number of ether oxygens (including phenoxy) is 1. The first-order valence-corrected chi connectivity index (χ1v) is 7.13. The molecule has 7 nitrogen and oxygen atoms in total. The highest BCUT2D eigenvalue weighted by Gasteiger charge is 2.37. The number of nitro groups is 1. The Hall–Kier alpha value is -2.96. The largest absolute Gasteiger partial charge is 0.449 e. The van der Waals surface area contributed by atoms with Crippen LogP contribution >= 0.6 is 0 Å². The van der Waals surface area contributed by atoms with Gasteiger partial charge in [-0.1, -0.05) is 19.9 Å². The second kappa shape index (κ2) is 5.35. The molecule has 0 saturated carbocycles. The average Bonchev–Trinajstić information content (AvgIpc) is 2.80. The van der Waals surface area contributed by atoms with E-state index < -0.39 is 16.9 Å². The minimum absolute atomic E-state index is 0.101. The van der Waals surface area contributed by atoms with Crippen LogP contribution in [0.25, 0.3) is 10.8 Å². The molecule has 23 heavy (non-hydrogen) atoms. The minimum Gasteiger partial charge on any atom is -0.449 e. The first-order chi connectivity index (χ1) is 10.9. The zero-order valence-corrected chi connectivity index (χ0v) is 12.6. The molecule has 2 aromatic carbocycles. The van der Waals surface area contributed by atoms with Gasteiger partial charge in [-0.2, -0.15) is 0 Å². The number of carbonyl (C=O) groups is 2. The number of benzene rings is 2. The molecule has 3 rings (SSSR count). The van der Waals surface area contributed by atoms with Crippen molar-refractivity contribution in [2.75, 3.05) is 11.5 Å². The summed E-state index contributed by atoms with van der Waals surface area (Å²) in [5.41, 5.74) is 0.485. The summed E-state index contributed by atoms with van der Waals surface area (Å²) in [6, 6.07) is 7.38. The molecule has 0 spiro atoms. The Bertz CT molecular complexity index is 844.